The van der Waals surface area contributed by atoms with Crippen molar-refractivity contribution in [1.82, 2.24) is 0 Å². The molecule has 0 aromatic heterocycles. The summed E-state index contributed by atoms with van der Waals surface area (Å²) >= 11 is 0. The first-order chi connectivity index (χ1) is 100. The van der Waals surface area contributed by atoms with Crippen LogP contribution in [0, 0.1) is 0 Å². The van der Waals surface area contributed by atoms with Gasteiger partial charge in [-0.3, -0.25) is 0 Å². The molecule has 0 bridgehead atoms. The molecule has 0 atom stereocenters. The Morgan fingerprint density at radius 1 is 0.0923 bits per heavy atom. The van der Waals surface area contributed by atoms with Gasteiger partial charge in [0.2, 0.25) is 0 Å². The lowest BCUT2D eigenvalue weighted by molar-refractivity contribution is 1.62. The summed E-state index contributed by atoms with van der Waals surface area (Å²) in [6.45, 7) is 0. The lowest BCUT2D eigenvalue weighted by Gasteiger charge is -2.19. The molecule has 0 nitrogen and oxygen atoms in total. The standard InChI is InChI=1S/C46H30.2C42H28/c1-2-15-33(16-3-1)45-41-23-8-9-24-42(41)46(36-20-10-19-34(29-36)39-25-11-17-31-13-4-6-21-37(31)39)43-28-27-35(30-44(43)45)40-26-12-18-32-14-5-7-22-38(32)40;1-3-13-29(14-4-1)32-25-26-39-40(28-32)41(31-16-5-2-6-17-31)37-22-9-10-23-38(37)42(39)34-20-11-19-33(27-34)36-24-12-18-30-15-7-8-21-35(30)36;1-3-13-29(14-4-1)32-25-26-39-40(28-32)42(38-23-10-9-22-37(38)41(39)31-16-5-2-6-17-31)34-20-11-19-33(27-34)36-24-12-18-30-15-7-8-21-35(30)36/h1-30H;2*1-28H/i1D,2D,3D,4D,5D,6D,7D,8D,9D,10D,11D,12D,13D,14D,15D,16D,17D,18D,19D,20D,21D,22D,23D,24D,25D,26D,27D,28D,29D,30D;2*1D,2D,3D,4D,5D,6D,7D,8D,9D,10D,11D,12D,13D,14D,15D,16D,17D,18D,19D,20D,21D,22D,23D,24D,25D,26D,27D,28D. The van der Waals surface area contributed by atoms with Crippen LogP contribution in [0.15, 0.2) is 520 Å². The molecule has 0 aliphatic heterocycles. The smallest absolute Gasteiger partial charge is 0.0622 e. The summed E-state index contributed by atoms with van der Waals surface area (Å²) in [5.74, 6) is 0. The molecule has 0 aliphatic carbocycles. The fourth-order valence-electron chi connectivity index (χ4n) is 14.7. The summed E-state index contributed by atoms with van der Waals surface area (Å²) in [5.41, 5.74) is -20.8. The van der Waals surface area contributed by atoms with Crippen LogP contribution in [0.5, 0.6) is 0 Å². The lowest BCUT2D eigenvalue weighted by atomic mass is 9.84. The van der Waals surface area contributed by atoms with Crippen LogP contribution in [0.1, 0.15) is 118 Å². The summed E-state index contributed by atoms with van der Waals surface area (Å²) in [5, 5.41) is -15.5. The van der Waals surface area contributed by atoms with E-state index in [9.17, 15) is 35.6 Å². The Kier molecular flexibility index (Phi) is 7.65. The van der Waals surface area contributed by atoms with Gasteiger partial charge in [-0.05, 0) is 278 Å². The number of rotatable bonds is 12. The molecule has 0 fully saturated rings. The fourth-order valence-corrected chi connectivity index (χ4v) is 14.7. The van der Waals surface area contributed by atoms with E-state index in [0.717, 1.165) is 0 Å². The first-order valence-corrected chi connectivity index (χ1v) is 38.0. The predicted octanol–water partition coefficient (Wildman–Crippen LogP) is 36.6. The molecule has 0 amide bonds. The van der Waals surface area contributed by atoms with Crippen molar-refractivity contribution in [1.29, 1.82) is 0 Å². The summed E-state index contributed by atoms with van der Waals surface area (Å²) in [6.07, 6.45) is 0. The first-order valence-electron chi connectivity index (χ1n) is 81.0. The van der Waals surface area contributed by atoms with Gasteiger partial charge in [0.15, 0.2) is 0 Å². The third-order valence-electron chi connectivity index (χ3n) is 20.1. The third kappa shape index (κ3) is 14.5. The quantitative estimate of drug-likeness (QED) is 0.107. The molecule has 0 saturated heterocycles. The van der Waals surface area contributed by atoms with Gasteiger partial charge in [-0.2, -0.15) is 0 Å². The Balaban J connectivity index is 0.000000164. The summed E-state index contributed by atoms with van der Waals surface area (Å²) in [4.78, 5) is 0. The van der Waals surface area contributed by atoms with Gasteiger partial charge in [0.05, 0.1) is 118 Å². The van der Waals surface area contributed by atoms with E-state index in [-0.39, 0.29) is 0 Å². The number of hydrogen-bond acceptors (Lipinski definition) is 0. The monoisotopic (exact) mass is 1730 g/mol. The van der Waals surface area contributed by atoms with E-state index in [1.165, 1.54) is 0 Å². The average Bonchev–Trinajstić information content (AvgIpc) is 0.682. The van der Waals surface area contributed by atoms with Gasteiger partial charge in [-0.15, -0.1) is 0 Å². The highest BCUT2D eigenvalue weighted by molar-refractivity contribution is 6.26. The zero-order valence-electron chi connectivity index (χ0n) is 151. The van der Waals surface area contributed by atoms with Gasteiger partial charge in [-0.1, -0.05) is 483 Å². The maximum absolute atomic E-state index is 10.1. The Labute approximate surface area is 878 Å². The Morgan fingerprint density at radius 2 is 0.262 bits per heavy atom. The second-order valence-electron chi connectivity index (χ2n) is 27.2. The third-order valence-corrected chi connectivity index (χ3v) is 20.1. The molecule has 25 rings (SSSR count). The summed E-state index contributed by atoms with van der Waals surface area (Å²) in [7, 11) is 0. The Morgan fingerprint density at radius 3 is 0.546 bits per heavy atom. The van der Waals surface area contributed by atoms with E-state index < -0.39 is 761 Å². The largest absolute Gasteiger partial charge is 0.0636 e. The summed E-state index contributed by atoms with van der Waals surface area (Å²) < 4.78 is 769. The average molecular weight is 1730 g/mol. The van der Waals surface area contributed by atoms with Gasteiger partial charge in [0.25, 0.3) is 0 Å². The van der Waals surface area contributed by atoms with Crippen LogP contribution in [-0.2, 0) is 0 Å². The van der Waals surface area contributed by atoms with Crippen LogP contribution in [0.2, 0.25) is 0 Å². The highest BCUT2D eigenvalue weighted by Gasteiger charge is 2.24. The van der Waals surface area contributed by atoms with E-state index in [2.05, 4.69) is 0 Å². The van der Waals surface area contributed by atoms with Crippen molar-refractivity contribution in [2.24, 2.45) is 0 Å². The normalized spacial score (nSPS) is 20.6. The van der Waals surface area contributed by atoms with Crippen LogP contribution in [0.3, 0.4) is 0 Å². The minimum Gasteiger partial charge on any atom is -0.0622 e. The lowest BCUT2D eigenvalue weighted by Crippen LogP contribution is -1.92. The van der Waals surface area contributed by atoms with Gasteiger partial charge in [0, 0.05) is 0 Å². The van der Waals surface area contributed by atoms with E-state index in [1.54, 1.807) is 0 Å². The molecular formula is C130H86. The minimum atomic E-state index is -1.18. The zero-order chi connectivity index (χ0) is 161. The van der Waals surface area contributed by atoms with Crippen LogP contribution < -0.4 is 0 Å². The fraction of sp³-hybridized carbons (Fsp3) is 0. The van der Waals surface area contributed by atoms with Gasteiger partial charge in [-0.25, -0.2) is 0 Å². The Bertz CT molecular complexity index is 14100. The van der Waals surface area contributed by atoms with Crippen molar-refractivity contribution in [2.45, 2.75) is 0 Å². The highest BCUT2D eigenvalue weighted by Crippen LogP contribution is 2.51. The van der Waals surface area contributed by atoms with Crippen molar-refractivity contribution in [3.05, 3.63) is 520 Å². The zero-order valence-corrected chi connectivity index (χ0v) is 65.0. The Hall–Kier alpha value is -16.9. The van der Waals surface area contributed by atoms with Gasteiger partial charge >= 0.3 is 0 Å². The number of fused-ring (bicyclic) bond motifs is 10. The van der Waals surface area contributed by atoms with Gasteiger partial charge < -0.3 is 0 Å². The summed E-state index contributed by atoms with van der Waals surface area (Å²) in [6, 6.07) is -86.6. The molecule has 606 valence electrons. The van der Waals surface area contributed by atoms with Crippen LogP contribution in [0.25, 0.3) is 241 Å². The number of hydrogen-bond donors (Lipinski definition) is 0. The van der Waals surface area contributed by atoms with Crippen molar-refractivity contribution in [3.63, 3.8) is 0 Å². The van der Waals surface area contributed by atoms with Crippen molar-refractivity contribution < 1.29 is 118 Å². The molecule has 0 N–H and O–H groups in total. The SMILES string of the molecule is [2H]c1c([2H])c([2H])c(-c2c([2H])c([2H])c3c(-c4c([2H])c([2H])c([2H])c(-c5c([2H])c([2H])c([2H])c6c([2H])c([2H])c([2H])c([2H])c56)c4[2H])c4c([2H])c([2H])c([2H])c([2H])c4c(-c4c([2H])c([2H])c([2H])c([2H])c4[2H])c3c2[2H])c([2H])c1[2H].[2H]c1c([2H])c([2H])c(-c2c([2H])c([2H])c3c(-c4c([2H])c([2H])c([2H])c([2H])c4[2H])c4c([2H])c([2H])c([2H])c([2H])c4c(-c4c([2H])c([2H])c([2H])c(-c5c([2H])c([2H])c([2H])c6c([2H])c([2H])c([2H])c([2H])c56)c4[2H])c3c2[2H])c([2H])c1[2H].[2H]c1c([2H])c([2H])c(-c2c3c([2H])c([2H])c([2H])c([2H])c3c(-c3c([2H])c([2H])c([2H])c(-c4c([2H])c([2H])c([2H])c5c([2H])c([2H])c([2H])c([2H])c45)c3[2H])c3c([2H])c([2H])c(-c4c([2H])c([2H])c([2H])c5c([2H])c([2H])c([2H])c([2H])c45)c([2H])c23)c([2H])c1[2H]. The molecule has 25 aromatic rings. The van der Waals surface area contributed by atoms with Crippen molar-refractivity contribution in [3.8, 4) is 134 Å². The van der Waals surface area contributed by atoms with Crippen LogP contribution in [-0.4, -0.2) is 0 Å². The highest BCUT2D eigenvalue weighted by atomic mass is 14.3. The molecular weight excluding hydrogens is 1560 g/mol. The molecule has 0 heterocycles. The molecule has 0 radical (unpaired) electrons. The second kappa shape index (κ2) is 34.2. The minimum absolute atomic E-state index is 0.636. The number of benzene rings is 25. The predicted molar refractivity (Wildman–Crippen MR) is 560 cm³/mol. The second-order valence-corrected chi connectivity index (χ2v) is 27.2. The molecule has 0 spiro atoms. The maximum atomic E-state index is 10.1. The van der Waals surface area contributed by atoms with E-state index >= 15 is 0 Å². The van der Waals surface area contributed by atoms with E-state index in [0.29, 0.717) is 0 Å². The molecule has 0 aliphatic rings. The van der Waals surface area contributed by atoms with Crippen LogP contribution >= 0.6 is 0 Å². The van der Waals surface area contributed by atoms with E-state index in [4.69, 9.17) is 82.2 Å². The molecule has 0 heteroatoms. The van der Waals surface area contributed by atoms with Crippen LogP contribution in [0.4, 0.5) is 0 Å². The molecule has 0 saturated carbocycles. The topological polar surface area (TPSA) is 0 Å². The van der Waals surface area contributed by atoms with Crippen molar-refractivity contribution >= 4 is 108 Å². The van der Waals surface area contributed by atoms with E-state index in [1.807, 2.05) is 0 Å². The molecule has 0 unspecified atom stereocenters. The first kappa shape index (κ1) is 29.1. The molecule has 130 heavy (non-hydrogen) atoms. The maximum Gasteiger partial charge on any atom is 0.0636 e. The van der Waals surface area contributed by atoms with Gasteiger partial charge in [0.1, 0.15) is 0 Å². The van der Waals surface area contributed by atoms with Crippen molar-refractivity contribution in [2.75, 3.05) is 0 Å². The molecule has 25 aromatic carbocycles.